The lowest BCUT2D eigenvalue weighted by molar-refractivity contribution is -0.138. The van der Waals surface area contributed by atoms with E-state index in [9.17, 15) is 14.4 Å². The van der Waals surface area contributed by atoms with Gasteiger partial charge in [-0.25, -0.2) is 4.68 Å². The van der Waals surface area contributed by atoms with Gasteiger partial charge in [0.25, 0.3) is 11.5 Å². The van der Waals surface area contributed by atoms with Gasteiger partial charge in [0.05, 0.1) is 5.39 Å². The summed E-state index contributed by atoms with van der Waals surface area (Å²) >= 11 is 0. The zero-order valence-corrected chi connectivity index (χ0v) is 14.9. The molecule has 1 amide bonds. The fraction of sp³-hybridized carbons (Fsp3) is 0.444. The van der Waals surface area contributed by atoms with Crippen LogP contribution < -0.4 is 5.56 Å². The summed E-state index contributed by atoms with van der Waals surface area (Å²) in [5, 5.41) is 14.2. The van der Waals surface area contributed by atoms with E-state index in [1.54, 1.807) is 38.1 Å². The molecule has 134 valence electrons. The van der Waals surface area contributed by atoms with Gasteiger partial charge in [0, 0.05) is 18.0 Å². The van der Waals surface area contributed by atoms with E-state index in [0.29, 0.717) is 17.3 Å². The second-order valence-electron chi connectivity index (χ2n) is 6.70. The first-order valence-electron chi connectivity index (χ1n) is 8.25. The fourth-order valence-corrected chi connectivity index (χ4v) is 2.63. The molecule has 7 nitrogen and oxygen atoms in total. The standard InChI is InChI=1S/C18H23N3O4/c1-11(2)9-21-17(24)14-8-6-5-7-13(14)16(19-21)18(25)20(12(3)4)10-15(22)23/h5-8,11-12H,9-10H2,1-4H3,(H,22,23). The van der Waals surface area contributed by atoms with E-state index in [1.165, 1.54) is 9.58 Å². The van der Waals surface area contributed by atoms with E-state index in [-0.39, 0.29) is 23.2 Å². The van der Waals surface area contributed by atoms with Crippen LogP contribution in [0.3, 0.4) is 0 Å². The minimum atomic E-state index is -1.10. The van der Waals surface area contributed by atoms with Crippen molar-refractivity contribution >= 4 is 22.6 Å². The van der Waals surface area contributed by atoms with Gasteiger partial charge < -0.3 is 10.0 Å². The molecular weight excluding hydrogens is 322 g/mol. The zero-order valence-electron chi connectivity index (χ0n) is 14.9. The number of hydrogen-bond donors (Lipinski definition) is 1. The Hall–Kier alpha value is -2.70. The number of aliphatic carboxylic acids is 1. The molecule has 25 heavy (non-hydrogen) atoms. The van der Waals surface area contributed by atoms with Crippen molar-refractivity contribution in [3.8, 4) is 0 Å². The van der Waals surface area contributed by atoms with Crippen molar-refractivity contribution in [1.82, 2.24) is 14.7 Å². The van der Waals surface area contributed by atoms with Gasteiger partial charge in [0.15, 0.2) is 5.69 Å². The Balaban J connectivity index is 2.66. The fourth-order valence-electron chi connectivity index (χ4n) is 2.63. The number of carboxylic acids is 1. The first-order valence-corrected chi connectivity index (χ1v) is 8.25. The number of carbonyl (C=O) groups excluding carboxylic acids is 1. The number of aromatic nitrogens is 2. The van der Waals surface area contributed by atoms with Crippen LogP contribution in [0.1, 0.15) is 38.2 Å². The summed E-state index contributed by atoms with van der Waals surface area (Å²) in [5.41, 5.74) is -0.152. The molecule has 0 saturated carbocycles. The molecule has 0 spiro atoms. The largest absolute Gasteiger partial charge is 0.480 e. The summed E-state index contributed by atoms with van der Waals surface area (Å²) in [5.74, 6) is -1.41. The molecule has 1 N–H and O–H groups in total. The molecule has 0 atom stereocenters. The van der Waals surface area contributed by atoms with Gasteiger partial charge in [-0.3, -0.25) is 14.4 Å². The van der Waals surface area contributed by atoms with Gasteiger partial charge in [0.2, 0.25) is 0 Å². The number of carbonyl (C=O) groups is 2. The molecule has 2 aromatic rings. The lowest BCUT2D eigenvalue weighted by atomic mass is 10.1. The third-order valence-electron chi connectivity index (χ3n) is 3.80. The Bertz CT molecular complexity index is 855. The molecule has 7 heteroatoms. The van der Waals surface area contributed by atoms with Crippen molar-refractivity contribution in [1.29, 1.82) is 0 Å². The third kappa shape index (κ3) is 4.04. The van der Waals surface area contributed by atoms with Crippen molar-refractivity contribution in [2.75, 3.05) is 6.54 Å². The molecule has 0 radical (unpaired) electrons. The number of benzene rings is 1. The molecule has 0 saturated heterocycles. The monoisotopic (exact) mass is 345 g/mol. The predicted octanol–water partition coefficient (Wildman–Crippen LogP) is 1.99. The first kappa shape index (κ1) is 18.6. The molecule has 0 unspecified atom stereocenters. The van der Waals surface area contributed by atoms with Crippen molar-refractivity contribution < 1.29 is 14.7 Å². The molecule has 0 fully saturated rings. The number of rotatable bonds is 6. The van der Waals surface area contributed by atoms with E-state index >= 15 is 0 Å². The average molecular weight is 345 g/mol. The van der Waals surface area contributed by atoms with Gasteiger partial charge in [-0.1, -0.05) is 32.0 Å². The molecule has 1 aromatic heterocycles. The minimum Gasteiger partial charge on any atom is -0.480 e. The number of hydrogen-bond acceptors (Lipinski definition) is 4. The van der Waals surface area contributed by atoms with Crippen LogP contribution in [0.2, 0.25) is 0 Å². The molecule has 1 aromatic carbocycles. The Morgan fingerprint density at radius 3 is 2.28 bits per heavy atom. The van der Waals surface area contributed by atoms with Gasteiger partial charge >= 0.3 is 5.97 Å². The predicted molar refractivity (Wildman–Crippen MR) is 94.6 cm³/mol. The zero-order chi connectivity index (χ0) is 18.7. The van der Waals surface area contributed by atoms with E-state index in [2.05, 4.69) is 5.10 Å². The molecule has 1 heterocycles. The highest BCUT2D eigenvalue weighted by Gasteiger charge is 2.25. The highest BCUT2D eigenvalue weighted by atomic mass is 16.4. The van der Waals surface area contributed by atoms with E-state index in [1.807, 2.05) is 13.8 Å². The molecule has 0 aliphatic carbocycles. The Morgan fingerprint density at radius 1 is 1.16 bits per heavy atom. The number of carboxylic acid groups (broad SMARTS) is 1. The van der Waals surface area contributed by atoms with Gasteiger partial charge in [-0.15, -0.1) is 0 Å². The molecule has 2 rings (SSSR count). The molecule has 0 aliphatic heterocycles. The van der Waals surface area contributed by atoms with Crippen molar-refractivity contribution in [3.63, 3.8) is 0 Å². The van der Waals surface area contributed by atoms with Crippen molar-refractivity contribution in [2.24, 2.45) is 5.92 Å². The van der Waals surface area contributed by atoms with Crippen LogP contribution in [0.15, 0.2) is 29.1 Å². The van der Waals surface area contributed by atoms with Gasteiger partial charge in [-0.05, 0) is 25.8 Å². The first-order chi connectivity index (χ1) is 11.7. The second kappa shape index (κ2) is 7.46. The lowest BCUT2D eigenvalue weighted by Gasteiger charge is -2.25. The van der Waals surface area contributed by atoms with Crippen LogP contribution in [0.5, 0.6) is 0 Å². The van der Waals surface area contributed by atoms with Crippen molar-refractivity contribution in [2.45, 2.75) is 40.3 Å². The maximum Gasteiger partial charge on any atom is 0.323 e. The van der Waals surface area contributed by atoms with Crippen LogP contribution in [-0.4, -0.2) is 44.3 Å². The lowest BCUT2D eigenvalue weighted by Crippen LogP contribution is -2.42. The minimum absolute atomic E-state index is 0.103. The summed E-state index contributed by atoms with van der Waals surface area (Å²) in [7, 11) is 0. The summed E-state index contributed by atoms with van der Waals surface area (Å²) in [6.45, 7) is 7.35. The topological polar surface area (TPSA) is 92.5 Å². The number of amides is 1. The average Bonchev–Trinajstić information content (AvgIpc) is 2.54. The van der Waals surface area contributed by atoms with Crippen LogP contribution in [0.4, 0.5) is 0 Å². The summed E-state index contributed by atoms with van der Waals surface area (Å²) in [6, 6.07) is 6.47. The highest BCUT2D eigenvalue weighted by molar-refractivity contribution is 6.05. The van der Waals surface area contributed by atoms with Crippen LogP contribution in [-0.2, 0) is 11.3 Å². The van der Waals surface area contributed by atoms with Crippen LogP contribution in [0.25, 0.3) is 10.8 Å². The maximum atomic E-state index is 13.0. The Kier molecular flexibility index (Phi) is 5.56. The Labute approximate surface area is 145 Å². The Morgan fingerprint density at radius 2 is 1.76 bits per heavy atom. The normalized spacial score (nSPS) is 11.3. The SMILES string of the molecule is CC(C)Cn1nc(C(=O)N(CC(=O)O)C(C)C)c2ccccc2c1=O. The summed E-state index contributed by atoms with van der Waals surface area (Å²) in [4.78, 5) is 37.9. The highest BCUT2D eigenvalue weighted by Crippen LogP contribution is 2.17. The quantitative estimate of drug-likeness (QED) is 0.864. The van der Waals surface area contributed by atoms with Gasteiger partial charge in [-0.2, -0.15) is 5.10 Å². The van der Waals surface area contributed by atoms with Gasteiger partial charge in [0.1, 0.15) is 6.54 Å². The molecule has 0 bridgehead atoms. The summed E-state index contributed by atoms with van der Waals surface area (Å²) < 4.78 is 1.29. The van der Waals surface area contributed by atoms with E-state index < -0.39 is 18.4 Å². The van der Waals surface area contributed by atoms with E-state index in [4.69, 9.17) is 5.11 Å². The number of fused-ring (bicyclic) bond motifs is 1. The van der Waals surface area contributed by atoms with E-state index in [0.717, 1.165) is 0 Å². The maximum absolute atomic E-state index is 13.0. The molecular formula is C18H23N3O4. The second-order valence-corrected chi connectivity index (χ2v) is 6.70. The van der Waals surface area contributed by atoms with Crippen molar-refractivity contribution in [3.05, 3.63) is 40.3 Å². The smallest absolute Gasteiger partial charge is 0.323 e. The van der Waals surface area contributed by atoms with Crippen LogP contribution >= 0.6 is 0 Å². The third-order valence-corrected chi connectivity index (χ3v) is 3.80. The molecule has 0 aliphatic rings. The number of nitrogens with zero attached hydrogens (tertiary/aromatic N) is 3. The summed E-state index contributed by atoms with van der Waals surface area (Å²) in [6.07, 6.45) is 0. The van der Waals surface area contributed by atoms with Crippen LogP contribution in [0, 0.1) is 5.92 Å².